The molecule has 0 radical (unpaired) electrons. The molecule has 1 atom stereocenters. The van der Waals surface area contributed by atoms with Crippen molar-refractivity contribution in [2.45, 2.75) is 19.5 Å². The van der Waals surface area contributed by atoms with Gasteiger partial charge in [0, 0.05) is 15.3 Å². The van der Waals surface area contributed by atoms with Crippen molar-refractivity contribution < 1.29 is 23.5 Å². The lowest BCUT2D eigenvalue weighted by Gasteiger charge is -2.24. The fourth-order valence-electron chi connectivity index (χ4n) is 3.77. The Labute approximate surface area is 185 Å². The standard InChI is InChI=1S/C23H16ClNO5S/c1-12-4-6-17(29-12)20-19(22(27)23(28)25(20)11-15-3-2-8-31-15)21(26)18-10-13-9-14(24)5-7-16(13)30-18/h2-10,20,27H,11H2,1H3. The lowest BCUT2D eigenvalue weighted by atomic mass is 9.99. The third kappa shape index (κ3) is 3.36. The summed E-state index contributed by atoms with van der Waals surface area (Å²) in [6.07, 6.45) is 0. The van der Waals surface area contributed by atoms with Crippen molar-refractivity contribution in [1.29, 1.82) is 0 Å². The highest BCUT2D eigenvalue weighted by Crippen LogP contribution is 2.41. The van der Waals surface area contributed by atoms with Crippen LogP contribution in [0.4, 0.5) is 0 Å². The van der Waals surface area contributed by atoms with Crippen molar-refractivity contribution in [3.05, 3.63) is 92.4 Å². The number of hydrogen-bond donors (Lipinski definition) is 1. The Hall–Kier alpha value is -3.29. The molecule has 6 nitrogen and oxygen atoms in total. The lowest BCUT2D eigenvalue weighted by Crippen LogP contribution is -2.30. The molecule has 0 spiro atoms. The van der Waals surface area contributed by atoms with Crippen LogP contribution in [0.5, 0.6) is 0 Å². The Morgan fingerprint density at radius 3 is 2.74 bits per heavy atom. The molecule has 4 aromatic rings. The van der Waals surface area contributed by atoms with E-state index in [0.29, 0.717) is 27.5 Å². The van der Waals surface area contributed by atoms with Crippen molar-refractivity contribution in [1.82, 2.24) is 4.90 Å². The van der Waals surface area contributed by atoms with Crippen LogP contribution >= 0.6 is 22.9 Å². The van der Waals surface area contributed by atoms with Crippen LogP contribution in [0.25, 0.3) is 11.0 Å². The van der Waals surface area contributed by atoms with Crippen molar-refractivity contribution >= 4 is 45.6 Å². The lowest BCUT2D eigenvalue weighted by molar-refractivity contribution is -0.130. The van der Waals surface area contributed by atoms with Crippen LogP contribution in [-0.4, -0.2) is 21.7 Å². The maximum atomic E-state index is 13.4. The van der Waals surface area contributed by atoms with E-state index in [9.17, 15) is 14.7 Å². The third-order valence-electron chi connectivity index (χ3n) is 5.19. The molecule has 8 heteroatoms. The first-order valence-corrected chi connectivity index (χ1v) is 10.7. The largest absolute Gasteiger partial charge is 0.503 e. The summed E-state index contributed by atoms with van der Waals surface area (Å²) in [6.45, 7) is 2.01. The quantitative estimate of drug-likeness (QED) is 0.384. The summed E-state index contributed by atoms with van der Waals surface area (Å²) >= 11 is 7.52. The number of nitrogens with zero attached hydrogens (tertiary/aromatic N) is 1. The SMILES string of the molecule is Cc1ccc(C2C(C(=O)c3cc4cc(Cl)ccc4o3)=C(O)C(=O)N2Cc2cccs2)o1. The average Bonchev–Trinajstić information content (AvgIpc) is 3.52. The number of fused-ring (bicyclic) bond motifs is 1. The second-order valence-electron chi connectivity index (χ2n) is 7.25. The molecule has 1 aliphatic heterocycles. The normalized spacial score (nSPS) is 16.6. The van der Waals surface area contributed by atoms with Gasteiger partial charge in [0.05, 0.1) is 12.1 Å². The van der Waals surface area contributed by atoms with E-state index < -0.39 is 23.5 Å². The molecule has 1 aliphatic rings. The molecule has 5 rings (SSSR count). The molecule has 1 N–H and O–H groups in total. The van der Waals surface area contributed by atoms with Gasteiger partial charge in [0.15, 0.2) is 11.5 Å². The molecule has 1 aromatic carbocycles. The number of thiophene rings is 1. The van der Waals surface area contributed by atoms with Gasteiger partial charge in [-0.05, 0) is 54.8 Å². The zero-order valence-electron chi connectivity index (χ0n) is 16.3. The second kappa shape index (κ2) is 7.44. The summed E-state index contributed by atoms with van der Waals surface area (Å²) in [5, 5.41) is 13.8. The smallest absolute Gasteiger partial charge is 0.290 e. The van der Waals surface area contributed by atoms with Gasteiger partial charge >= 0.3 is 0 Å². The average molecular weight is 454 g/mol. The number of carbonyl (C=O) groups is 2. The van der Waals surface area contributed by atoms with Gasteiger partial charge in [-0.15, -0.1) is 11.3 Å². The highest BCUT2D eigenvalue weighted by molar-refractivity contribution is 7.09. The highest BCUT2D eigenvalue weighted by Gasteiger charge is 2.46. The number of carbonyl (C=O) groups excluding carboxylic acids is 2. The van der Waals surface area contributed by atoms with Gasteiger partial charge in [-0.2, -0.15) is 0 Å². The minimum Gasteiger partial charge on any atom is -0.503 e. The Morgan fingerprint density at radius 1 is 1.19 bits per heavy atom. The number of furan rings is 2. The molecule has 1 unspecified atom stereocenters. The number of aryl methyl sites for hydroxylation is 1. The molecular weight excluding hydrogens is 438 g/mol. The molecule has 31 heavy (non-hydrogen) atoms. The summed E-state index contributed by atoms with van der Waals surface area (Å²) in [5.41, 5.74) is 0.416. The number of amides is 1. The molecule has 3 aromatic heterocycles. The monoisotopic (exact) mass is 453 g/mol. The number of benzene rings is 1. The first kappa shape index (κ1) is 19.7. The predicted molar refractivity (Wildman–Crippen MR) is 116 cm³/mol. The van der Waals surface area contributed by atoms with E-state index in [1.165, 1.54) is 16.2 Å². The molecule has 0 saturated heterocycles. The summed E-state index contributed by atoms with van der Waals surface area (Å²) < 4.78 is 11.5. The van der Waals surface area contributed by atoms with E-state index in [1.807, 2.05) is 17.5 Å². The minimum atomic E-state index is -0.868. The summed E-state index contributed by atoms with van der Waals surface area (Å²) in [7, 11) is 0. The Kier molecular flexibility index (Phi) is 4.72. The van der Waals surface area contributed by atoms with Gasteiger partial charge in [0.1, 0.15) is 23.1 Å². The van der Waals surface area contributed by atoms with Crippen molar-refractivity contribution in [3.63, 3.8) is 0 Å². The topological polar surface area (TPSA) is 83.9 Å². The summed E-state index contributed by atoms with van der Waals surface area (Å²) in [6, 6.07) is 12.9. The molecule has 156 valence electrons. The Bertz CT molecular complexity index is 1350. The number of aliphatic hydroxyl groups is 1. The summed E-state index contributed by atoms with van der Waals surface area (Å²) in [5.74, 6) is -0.762. The Balaban J connectivity index is 1.59. The van der Waals surface area contributed by atoms with Crippen LogP contribution in [0.3, 0.4) is 0 Å². The number of aliphatic hydroxyl groups excluding tert-OH is 1. The predicted octanol–water partition coefficient (Wildman–Crippen LogP) is 5.83. The molecule has 1 amide bonds. The molecular formula is C23H16ClNO5S. The fraction of sp³-hybridized carbons (Fsp3) is 0.130. The van der Waals surface area contributed by atoms with Crippen molar-refractivity contribution in [2.24, 2.45) is 0 Å². The first-order valence-electron chi connectivity index (χ1n) is 9.49. The number of rotatable bonds is 5. The van der Waals surface area contributed by atoms with E-state index >= 15 is 0 Å². The van der Waals surface area contributed by atoms with Crippen LogP contribution in [0, 0.1) is 6.92 Å². The van der Waals surface area contributed by atoms with Crippen LogP contribution in [0.1, 0.15) is 33.0 Å². The minimum absolute atomic E-state index is 0.0119. The van der Waals surface area contributed by atoms with Gasteiger partial charge in [0.2, 0.25) is 5.78 Å². The number of halogens is 1. The highest BCUT2D eigenvalue weighted by atomic mass is 35.5. The molecule has 0 bridgehead atoms. The van der Waals surface area contributed by atoms with E-state index in [-0.39, 0.29) is 17.9 Å². The van der Waals surface area contributed by atoms with Crippen molar-refractivity contribution in [3.8, 4) is 0 Å². The van der Waals surface area contributed by atoms with Crippen LogP contribution in [-0.2, 0) is 11.3 Å². The summed E-state index contributed by atoms with van der Waals surface area (Å²) in [4.78, 5) is 28.8. The van der Waals surface area contributed by atoms with Gasteiger partial charge in [-0.3, -0.25) is 9.59 Å². The zero-order chi connectivity index (χ0) is 21.7. The fourth-order valence-corrected chi connectivity index (χ4v) is 4.66. The van der Waals surface area contributed by atoms with Gasteiger partial charge in [-0.1, -0.05) is 17.7 Å². The van der Waals surface area contributed by atoms with Gasteiger partial charge in [-0.25, -0.2) is 0 Å². The molecule has 0 aliphatic carbocycles. The van der Waals surface area contributed by atoms with Gasteiger partial charge in [0.25, 0.3) is 5.91 Å². The Morgan fingerprint density at radius 2 is 2.03 bits per heavy atom. The van der Waals surface area contributed by atoms with E-state index in [4.69, 9.17) is 20.4 Å². The van der Waals surface area contributed by atoms with Crippen molar-refractivity contribution in [2.75, 3.05) is 0 Å². The number of hydrogen-bond acceptors (Lipinski definition) is 6. The maximum Gasteiger partial charge on any atom is 0.290 e. The third-order valence-corrected chi connectivity index (χ3v) is 6.28. The van der Waals surface area contributed by atoms with Crippen LogP contribution < -0.4 is 0 Å². The molecule has 0 fully saturated rings. The molecule has 0 saturated carbocycles. The van der Waals surface area contributed by atoms with E-state index in [1.54, 1.807) is 43.3 Å². The van der Waals surface area contributed by atoms with Crippen LogP contribution in [0.15, 0.2) is 74.1 Å². The second-order valence-corrected chi connectivity index (χ2v) is 8.72. The van der Waals surface area contributed by atoms with E-state index in [2.05, 4.69) is 0 Å². The van der Waals surface area contributed by atoms with E-state index in [0.717, 1.165) is 4.88 Å². The van der Waals surface area contributed by atoms with Crippen LogP contribution in [0.2, 0.25) is 5.02 Å². The molecule has 4 heterocycles. The van der Waals surface area contributed by atoms with Gasteiger partial charge < -0.3 is 18.8 Å². The number of Topliss-reactive ketones (excluding diaryl/α,β-unsaturated/α-hetero) is 1. The number of ketones is 1. The first-order chi connectivity index (χ1) is 14.9. The maximum absolute atomic E-state index is 13.4. The zero-order valence-corrected chi connectivity index (χ0v) is 17.9.